The van der Waals surface area contributed by atoms with Gasteiger partial charge in [0.05, 0.1) is 17.0 Å². The molecule has 3 N–H and O–H groups in total. The molecule has 1 aliphatic rings. The van der Waals surface area contributed by atoms with E-state index in [0.717, 1.165) is 19.6 Å². The lowest BCUT2D eigenvalue weighted by Crippen LogP contribution is -2.50. The maximum Gasteiger partial charge on any atom is 0.232 e. The lowest BCUT2D eigenvalue weighted by atomic mass is 9.85. The van der Waals surface area contributed by atoms with Gasteiger partial charge in [-0.1, -0.05) is 19.1 Å². The zero-order chi connectivity index (χ0) is 13.1. The van der Waals surface area contributed by atoms with Gasteiger partial charge in [0.1, 0.15) is 0 Å². The normalized spacial score (nSPS) is 25.0. The molecule has 0 aliphatic carbocycles. The molecular formula is C12H22N2O2S. The smallest absolute Gasteiger partial charge is 0.232 e. The summed E-state index contributed by atoms with van der Waals surface area (Å²) in [4.78, 5) is 12.4. The van der Waals surface area contributed by atoms with Gasteiger partial charge in [0.15, 0.2) is 0 Å². The molecular weight excluding hydrogens is 236 g/mol. The zero-order valence-corrected chi connectivity index (χ0v) is 11.6. The van der Waals surface area contributed by atoms with Gasteiger partial charge >= 0.3 is 0 Å². The second kappa shape index (κ2) is 5.78. The van der Waals surface area contributed by atoms with Gasteiger partial charge in [0.2, 0.25) is 5.91 Å². The van der Waals surface area contributed by atoms with Gasteiger partial charge in [-0.2, -0.15) is 0 Å². The average Bonchev–Trinajstić information content (AvgIpc) is 2.80. The maximum atomic E-state index is 12.2. The van der Waals surface area contributed by atoms with Crippen molar-refractivity contribution >= 4 is 23.1 Å². The molecule has 0 bridgehead atoms. The van der Waals surface area contributed by atoms with Crippen molar-refractivity contribution in [3.05, 3.63) is 0 Å². The summed E-state index contributed by atoms with van der Waals surface area (Å²) in [7, 11) is 0. The Balaban J connectivity index is 2.60. The first kappa shape index (κ1) is 14.4. The van der Waals surface area contributed by atoms with E-state index in [1.165, 1.54) is 0 Å². The van der Waals surface area contributed by atoms with Gasteiger partial charge in [0.25, 0.3) is 0 Å². The number of hydrogen-bond donors (Lipinski definition) is 2. The summed E-state index contributed by atoms with van der Waals surface area (Å²) in [6, 6.07) is 0.102. The van der Waals surface area contributed by atoms with Gasteiger partial charge in [-0.3, -0.25) is 4.79 Å². The van der Waals surface area contributed by atoms with E-state index < -0.39 is 5.41 Å². The second-order valence-corrected chi connectivity index (χ2v) is 5.38. The molecule has 3 unspecified atom stereocenters. The Morgan fingerprint density at radius 2 is 2.35 bits per heavy atom. The van der Waals surface area contributed by atoms with Gasteiger partial charge in [-0.25, -0.2) is 0 Å². The highest BCUT2D eigenvalue weighted by Gasteiger charge is 2.36. The summed E-state index contributed by atoms with van der Waals surface area (Å²) >= 11 is 4.99. The SMILES string of the molecule is CCC(C)(C(=O)NC(C)C1CCOC1)C(N)=S. The van der Waals surface area contributed by atoms with Crippen molar-refractivity contribution < 1.29 is 9.53 Å². The number of nitrogens with two attached hydrogens (primary N) is 1. The van der Waals surface area contributed by atoms with Gasteiger partial charge in [-0.15, -0.1) is 0 Å². The van der Waals surface area contributed by atoms with E-state index in [4.69, 9.17) is 22.7 Å². The Kier molecular flexibility index (Phi) is 4.89. The summed E-state index contributed by atoms with van der Waals surface area (Å²) in [5, 5.41) is 3.01. The number of ether oxygens (including phenoxy) is 1. The van der Waals surface area contributed by atoms with Crippen molar-refractivity contribution in [1.29, 1.82) is 0 Å². The minimum absolute atomic E-state index is 0.0769. The van der Waals surface area contributed by atoms with E-state index >= 15 is 0 Å². The first-order valence-electron chi connectivity index (χ1n) is 6.10. The Morgan fingerprint density at radius 3 is 2.76 bits per heavy atom. The van der Waals surface area contributed by atoms with Crippen molar-refractivity contribution in [3.63, 3.8) is 0 Å². The van der Waals surface area contributed by atoms with Crippen LogP contribution in [0.5, 0.6) is 0 Å². The van der Waals surface area contributed by atoms with Gasteiger partial charge < -0.3 is 15.8 Å². The molecule has 5 heteroatoms. The van der Waals surface area contributed by atoms with Crippen LogP contribution in [0, 0.1) is 11.3 Å². The fourth-order valence-corrected chi connectivity index (χ4v) is 2.11. The zero-order valence-electron chi connectivity index (χ0n) is 10.8. The Morgan fingerprint density at radius 1 is 1.71 bits per heavy atom. The lowest BCUT2D eigenvalue weighted by Gasteiger charge is -2.29. The van der Waals surface area contributed by atoms with E-state index in [1.807, 2.05) is 13.8 Å². The molecule has 1 amide bonds. The fraction of sp³-hybridized carbons (Fsp3) is 0.833. The van der Waals surface area contributed by atoms with Crippen molar-refractivity contribution in [3.8, 4) is 0 Å². The average molecular weight is 258 g/mol. The predicted molar refractivity (Wildman–Crippen MR) is 71.7 cm³/mol. The van der Waals surface area contributed by atoms with Gasteiger partial charge in [0, 0.05) is 18.6 Å². The molecule has 3 atom stereocenters. The quantitative estimate of drug-likeness (QED) is 0.728. The molecule has 1 aliphatic heterocycles. The number of carbonyl (C=O) groups is 1. The van der Waals surface area contributed by atoms with Crippen LogP contribution in [0.1, 0.15) is 33.6 Å². The van der Waals surface area contributed by atoms with Crippen LogP contribution in [0.15, 0.2) is 0 Å². The predicted octanol–water partition coefficient (Wildman–Crippen LogP) is 1.23. The van der Waals surface area contributed by atoms with Crippen LogP contribution in [0.25, 0.3) is 0 Å². The van der Waals surface area contributed by atoms with E-state index in [0.29, 0.717) is 12.3 Å². The summed E-state index contributed by atoms with van der Waals surface area (Å²) in [6.07, 6.45) is 1.61. The van der Waals surface area contributed by atoms with Crippen LogP contribution in [0.4, 0.5) is 0 Å². The Bertz CT molecular complexity index is 303. The molecule has 1 saturated heterocycles. The number of thiocarbonyl (C=S) groups is 1. The first-order chi connectivity index (χ1) is 7.91. The molecule has 0 spiro atoms. The number of amides is 1. The number of hydrogen-bond acceptors (Lipinski definition) is 3. The van der Waals surface area contributed by atoms with Crippen molar-refractivity contribution in [2.45, 2.75) is 39.7 Å². The lowest BCUT2D eigenvalue weighted by molar-refractivity contribution is -0.128. The summed E-state index contributed by atoms with van der Waals surface area (Å²) in [5.74, 6) is 0.318. The molecule has 1 rings (SSSR count). The highest BCUT2D eigenvalue weighted by Crippen LogP contribution is 2.23. The third kappa shape index (κ3) is 3.16. The third-order valence-corrected chi connectivity index (χ3v) is 4.23. The molecule has 0 aromatic heterocycles. The van der Waals surface area contributed by atoms with Crippen LogP contribution in [0.3, 0.4) is 0 Å². The summed E-state index contributed by atoms with van der Waals surface area (Å²) in [5.41, 5.74) is 4.91. The van der Waals surface area contributed by atoms with Crippen molar-refractivity contribution in [2.75, 3.05) is 13.2 Å². The van der Waals surface area contributed by atoms with Crippen molar-refractivity contribution in [1.82, 2.24) is 5.32 Å². The summed E-state index contributed by atoms with van der Waals surface area (Å²) < 4.78 is 5.32. The molecule has 0 aromatic carbocycles. The topological polar surface area (TPSA) is 64.3 Å². The van der Waals surface area contributed by atoms with E-state index in [-0.39, 0.29) is 16.9 Å². The highest BCUT2D eigenvalue weighted by molar-refractivity contribution is 7.80. The standard InChI is InChI=1S/C12H22N2O2S/c1-4-12(3,10(13)17)11(15)14-8(2)9-5-6-16-7-9/h8-9H,4-7H2,1-3H3,(H2,13,17)(H,14,15). The monoisotopic (exact) mass is 258 g/mol. The largest absolute Gasteiger partial charge is 0.392 e. The number of carbonyl (C=O) groups excluding carboxylic acids is 1. The molecule has 0 saturated carbocycles. The molecule has 98 valence electrons. The molecule has 1 fully saturated rings. The molecule has 1 heterocycles. The van der Waals surface area contributed by atoms with Crippen LogP contribution in [0.2, 0.25) is 0 Å². The summed E-state index contributed by atoms with van der Waals surface area (Å²) in [6.45, 7) is 7.22. The Labute approximate surface area is 108 Å². The van der Waals surface area contributed by atoms with E-state index in [1.54, 1.807) is 6.92 Å². The second-order valence-electron chi connectivity index (χ2n) is 4.94. The minimum atomic E-state index is -0.747. The van der Waals surface area contributed by atoms with Crippen LogP contribution >= 0.6 is 12.2 Å². The van der Waals surface area contributed by atoms with Crippen LogP contribution in [-0.4, -0.2) is 30.2 Å². The van der Waals surface area contributed by atoms with Gasteiger partial charge in [-0.05, 0) is 26.7 Å². The first-order valence-corrected chi connectivity index (χ1v) is 6.51. The highest BCUT2D eigenvalue weighted by atomic mass is 32.1. The van der Waals surface area contributed by atoms with Crippen LogP contribution < -0.4 is 11.1 Å². The number of nitrogens with one attached hydrogen (secondary N) is 1. The molecule has 4 nitrogen and oxygen atoms in total. The minimum Gasteiger partial charge on any atom is -0.392 e. The van der Waals surface area contributed by atoms with E-state index in [2.05, 4.69) is 5.32 Å². The number of rotatable bonds is 5. The molecule has 17 heavy (non-hydrogen) atoms. The third-order valence-electron chi connectivity index (χ3n) is 3.78. The maximum absolute atomic E-state index is 12.2. The molecule has 0 radical (unpaired) electrons. The van der Waals surface area contributed by atoms with E-state index in [9.17, 15) is 4.79 Å². The van der Waals surface area contributed by atoms with Crippen LogP contribution in [-0.2, 0) is 9.53 Å². The Hall–Kier alpha value is -0.680. The molecule has 0 aromatic rings. The fourth-order valence-electron chi connectivity index (χ4n) is 1.88. The van der Waals surface area contributed by atoms with Crippen molar-refractivity contribution in [2.24, 2.45) is 17.1 Å².